The molecule has 0 bridgehead atoms. The van der Waals surface area contributed by atoms with E-state index >= 15 is 0 Å². The van der Waals surface area contributed by atoms with Crippen molar-refractivity contribution in [2.45, 2.75) is 69.2 Å². The Hall–Kier alpha value is 1.43. The van der Waals surface area contributed by atoms with Crippen molar-refractivity contribution in [2.24, 2.45) is 35.2 Å². The van der Waals surface area contributed by atoms with E-state index in [1.54, 1.807) is 47.5 Å². The van der Waals surface area contributed by atoms with Gasteiger partial charge in [-0.1, -0.05) is 15.6 Å². The molecule has 12 nitrogen and oxygen atoms in total. The van der Waals surface area contributed by atoms with E-state index in [2.05, 4.69) is 42.2 Å². The first kappa shape index (κ1) is 95.7. The van der Waals surface area contributed by atoms with Gasteiger partial charge in [-0.2, -0.15) is 74.3 Å². The van der Waals surface area contributed by atoms with Crippen molar-refractivity contribution < 1.29 is 164 Å². The van der Waals surface area contributed by atoms with Gasteiger partial charge in [0, 0.05) is 235 Å². The molecule has 0 saturated carbocycles. The van der Waals surface area contributed by atoms with Gasteiger partial charge in [0.05, 0.1) is 12.5 Å². The Balaban J connectivity index is -0.0000000274. The summed E-state index contributed by atoms with van der Waals surface area (Å²) in [5.74, 6) is 0. The molecule has 17 heteroatoms. The predicted octanol–water partition coefficient (Wildman–Crippen LogP) is 8.63. The quantitative estimate of drug-likeness (QED) is 0.143. The van der Waals surface area contributed by atoms with E-state index in [0.717, 1.165) is 0 Å². The number of aromatic nitrogens is 12. The van der Waals surface area contributed by atoms with Gasteiger partial charge in [-0.25, -0.2) is 11.3 Å². The monoisotopic (exact) mass is 1130 g/mol. The van der Waals surface area contributed by atoms with E-state index in [1.165, 1.54) is 4.68 Å². The predicted molar refractivity (Wildman–Crippen MR) is 214 cm³/mol. The van der Waals surface area contributed by atoms with E-state index in [1.807, 2.05) is 182 Å². The second kappa shape index (κ2) is 90.5. The van der Waals surface area contributed by atoms with Crippen molar-refractivity contribution in [3.63, 3.8) is 0 Å². The zero-order chi connectivity index (χ0) is 35.6. The van der Waals surface area contributed by atoms with Gasteiger partial charge in [0.25, 0.3) is 0 Å². The van der Waals surface area contributed by atoms with Crippen LogP contribution in [0.3, 0.4) is 0 Å². The second-order valence-corrected chi connectivity index (χ2v) is 8.62. The van der Waals surface area contributed by atoms with Gasteiger partial charge in [-0.3, -0.25) is 9.36 Å². The van der Waals surface area contributed by atoms with Crippen LogP contribution in [0.4, 0.5) is 0 Å². The van der Waals surface area contributed by atoms with Gasteiger partial charge in [0.2, 0.25) is 0 Å². The van der Waals surface area contributed by atoms with Crippen LogP contribution in [0.25, 0.3) is 0 Å². The summed E-state index contributed by atoms with van der Waals surface area (Å²) < 4.78 is 8.68. The first-order valence-electron chi connectivity index (χ1n) is 14.6. The van der Waals surface area contributed by atoms with Crippen molar-refractivity contribution in [2.75, 3.05) is 0 Å². The van der Waals surface area contributed by atoms with E-state index in [4.69, 9.17) is 0 Å². The summed E-state index contributed by atoms with van der Waals surface area (Å²) in [7, 11) is 9.36. The van der Waals surface area contributed by atoms with Crippen LogP contribution in [0.1, 0.15) is 69.2 Å². The Labute approximate surface area is 462 Å². The molecule has 54 heavy (non-hydrogen) atoms. The number of hydrogen-bond acceptors (Lipinski definition) is 7. The average Bonchev–Trinajstić information content (AvgIpc) is 3.83. The molecule has 0 saturated heterocycles. The fraction of sp³-hybridized carbons (Fsp3) is 0.405. The molecule has 0 N–H and O–H groups in total. The number of tetrazole rings is 1. The summed E-state index contributed by atoms with van der Waals surface area (Å²) in [4.78, 5) is 3.78. The molecule has 0 aliphatic rings. The van der Waals surface area contributed by atoms with E-state index in [9.17, 15) is 0 Å². The molecule has 0 fully saturated rings. The van der Waals surface area contributed by atoms with Crippen molar-refractivity contribution in [3.8, 4) is 0 Å². The van der Waals surface area contributed by atoms with Crippen LogP contribution < -0.4 is 0 Å². The normalized spacial score (nSPS) is 6.57. The van der Waals surface area contributed by atoms with Crippen LogP contribution >= 0.6 is 0 Å². The molecule has 5 radical (unpaired) electrons. The number of nitrogens with zero attached hydrogens (tertiary/aromatic N) is 12. The van der Waals surface area contributed by atoms with E-state index in [-0.39, 0.29) is 193 Å². The Morgan fingerprint density at radius 2 is 0.889 bits per heavy atom. The third kappa shape index (κ3) is 111. The fourth-order valence-corrected chi connectivity index (χ4v) is 1.54. The first-order chi connectivity index (χ1) is 21.5. The van der Waals surface area contributed by atoms with Crippen LogP contribution in [0.5, 0.6) is 0 Å². The Morgan fingerprint density at radius 3 is 0.981 bits per heavy atom. The topological polar surface area (TPSA) is 115 Å². The molecule has 5 aromatic rings. The maximum Gasteiger partial charge on any atom is 0.0943 e. The second-order valence-electron chi connectivity index (χ2n) is 8.62. The van der Waals surface area contributed by atoms with Crippen molar-refractivity contribution >= 4 is 0 Å². The molecule has 5 aromatic heterocycles. The minimum Gasteiger partial charge on any atom is -0.410 e. The molecule has 0 aliphatic carbocycles. The van der Waals surface area contributed by atoms with Gasteiger partial charge in [0.15, 0.2) is 0 Å². The van der Waals surface area contributed by atoms with Crippen LogP contribution in [-0.2, 0) is 199 Å². The third-order valence-corrected chi connectivity index (χ3v) is 2.98. The van der Waals surface area contributed by atoms with Crippen molar-refractivity contribution in [1.82, 2.24) is 59.1 Å². The van der Waals surface area contributed by atoms with Crippen LogP contribution in [0.15, 0.2) is 74.1 Å². The minimum atomic E-state index is 0. The standard InChI is InChI=1S/C5H7N.2C4H6N2.C3H5N3.5C3H7.C2H3N4.4CH3.5Y/c1-6-4-2-3-5-6;1-6-3-2-5-4-6;1-6-4-2-3-5-6;1-6-3-2-4-5-6;5*1-3-2;1-6-2-3-4-5-6;;;;;;;;;/h2-5H,1H3;2*2-4H,1H3;2-3H,1H3;5*3H,1-2H3;1H3;4*1H3;;;;;/q;;;;10*-1;;;;;. The molecule has 307 valence electrons. The van der Waals surface area contributed by atoms with E-state index in [0.29, 0.717) is 0 Å². The Bertz CT molecular complexity index is 835. The van der Waals surface area contributed by atoms with Crippen LogP contribution in [0.2, 0.25) is 0 Å². The molecule has 0 atom stereocenters. The van der Waals surface area contributed by atoms with Gasteiger partial charge in [-0.15, -0.1) is 5.10 Å². The summed E-state index contributed by atoms with van der Waals surface area (Å²) >= 11 is 0. The summed E-state index contributed by atoms with van der Waals surface area (Å²) in [6.07, 6.45) is 28.9. The van der Waals surface area contributed by atoms with Crippen LogP contribution in [-0.4, -0.2) is 59.1 Å². The molecule has 0 aliphatic heterocycles. The molecule has 5 heterocycles. The number of rotatable bonds is 0. The third-order valence-electron chi connectivity index (χ3n) is 2.98. The summed E-state index contributed by atoms with van der Waals surface area (Å²) in [6, 6.07) is 5.89. The molecule has 0 spiro atoms. The number of hydrogen-bond donors (Lipinski definition) is 0. The SMILES string of the molecule is C[CH-]C.C[CH-]C.C[CH-]C.C[CH-]C.C[CH-]C.Cn1[c-]nnn1.Cn1cccc1.Cn1cccn1.Cn1ccnc1.Cn1ccnn1.[CH3-].[CH3-].[CH3-].[CH3-].[Y].[Y].[Y].[Y].[Y]. The summed E-state index contributed by atoms with van der Waals surface area (Å²) in [5.41, 5.74) is 0. The van der Waals surface area contributed by atoms with Crippen molar-refractivity contribution in [1.29, 1.82) is 0 Å². The summed E-state index contributed by atoms with van der Waals surface area (Å²) in [5, 5.41) is 20.9. The molecular formula is C37H74N12Y5-10. The molecule has 0 aromatic carbocycles. The minimum absolute atomic E-state index is 0. The Kier molecular flexibility index (Phi) is 160. The molecule has 0 unspecified atom stereocenters. The molecular weight excluding hydrogens is 1060 g/mol. The first-order valence-corrected chi connectivity index (χ1v) is 14.6. The fourth-order valence-electron chi connectivity index (χ4n) is 1.54. The average molecular weight is 1130 g/mol. The van der Waals surface area contributed by atoms with Gasteiger partial charge < -0.3 is 80.7 Å². The maximum absolute atomic E-state index is 3.83. The number of aryl methyl sites for hydroxylation is 5. The number of imidazole rings is 1. The largest absolute Gasteiger partial charge is 0.410 e. The van der Waals surface area contributed by atoms with Gasteiger partial charge in [0.1, 0.15) is 0 Å². The van der Waals surface area contributed by atoms with Crippen molar-refractivity contribution in [3.05, 3.63) is 142 Å². The maximum atomic E-state index is 3.83. The van der Waals surface area contributed by atoms with E-state index < -0.39 is 0 Å². The summed E-state index contributed by atoms with van der Waals surface area (Å²) in [6.45, 7) is 20.0. The zero-order valence-corrected chi connectivity index (χ0v) is 51.8. The zero-order valence-electron chi connectivity index (χ0n) is 37.6. The Morgan fingerprint density at radius 1 is 0.463 bits per heavy atom. The molecule has 5 rings (SSSR count). The van der Waals surface area contributed by atoms with Gasteiger partial charge >= 0.3 is 0 Å². The van der Waals surface area contributed by atoms with Crippen LogP contribution in [0, 0.1) is 68.1 Å². The smallest absolute Gasteiger partial charge is 0.0943 e. The molecule has 0 amide bonds. The van der Waals surface area contributed by atoms with Gasteiger partial charge in [-0.05, 0) is 25.2 Å².